The summed E-state index contributed by atoms with van der Waals surface area (Å²) in [5.74, 6) is 0.460. The average Bonchev–Trinajstić information content (AvgIpc) is 2.55. The van der Waals surface area contributed by atoms with E-state index >= 15 is 0 Å². The molecule has 0 saturated carbocycles. The van der Waals surface area contributed by atoms with Crippen LogP contribution in [0.4, 0.5) is 0 Å². The summed E-state index contributed by atoms with van der Waals surface area (Å²) in [5.41, 5.74) is 7.37. The van der Waals surface area contributed by atoms with E-state index in [0.717, 1.165) is 11.4 Å². The van der Waals surface area contributed by atoms with Crippen molar-refractivity contribution in [3.05, 3.63) is 29.6 Å². The first kappa shape index (κ1) is 12.5. The molecule has 0 bridgehead atoms. The number of pyridine rings is 1. The second kappa shape index (κ2) is 4.38. The third kappa shape index (κ3) is 2.84. The number of sulfone groups is 1. The molecule has 0 amide bonds. The molecule has 4 nitrogen and oxygen atoms in total. The van der Waals surface area contributed by atoms with Crippen LogP contribution in [0.5, 0.6) is 0 Å². The number of nitrogens with zero attached hydrogens (tertiary/aromatic N) is 1. The van der Waals surface area contributed by atoms with Gasteiger partial charge in [0.1, 0.15) is 0 Å². The molecule has 0 aromatic carbocycles. The quantitative estimate of drug-likeness (QED) is 0.861. The number of hydrogen-bond donors (Lipinski definition) is 1. The molecular formula is C12H18N2O2S. The van der Waals surface area contributed by atoms with Crippen molar-refractivity contribution >= 4 is 9.84 Å². The highest BCUT2D eigenvalue weighted by Crippen LogP contribution is 2.34. The summed E-state index contributed by atoms with van der Waals surface area (Å²) in [6.45, 7) is 2.34. The Balaban J connectivity index is 2.22. The molecule has 1 fully saturated rings. The van der Waals surface area contributed by atoms with E-state index in [1.807, 2.05) is 25.1 Å². The van der Waals surface area contributed by atoms with Gasteiger partial charge in [0.2, 0.25) is 0 Å². The highest BCUT2D eigenvalue weighted by atomic mass is 32.2. The molecule has 1 saturated heterocycles. The molecule has 1 aliphatic rings. The van der Waals surface area contributed by atoms with Crippen LogP contribution in [0.3, 0.4) is 0 Å². The van der Waals surface area contributed by atoms with Crippen molar-refractivity contribution in [2.45, 2.75) is 19.8 Å². The predicted octanol–water partition coefficient (Wildman–Crippen LogP) is 0.696. The van der Waals surface area contributed by atoms with Gasteiger partial charge in [0.15, 0.2) is 9.84 Å². The molecule has 1 aromatic rings. The van der Waals surface area contributed by atoms with E-state index in [1.165, 1.54) is 0 Å². The minimum Gasteiger partial charge on any atom is -0.330 e. The lowest BCUT2D eigenvalue weighted by Crippen LogP contribution is -2.34. The molecule has 0 radical (unpaired) electrons. The summed E-state index contributed by atoms with van der Waals surface area (Å²) in [6.07, 6.45) is 1.31. The topological polar surface area (TPSA) is 73.1 Å². The second-order valence-corrected chi connectivity index (χ2v) is 7.18. The van der Waals surface area contributed by atoms with Crippen LogP contribution in [-0.2, 0) is 16.3 Å². The second-order valence-electron chi connectivity index (χ2n) is 4.99. The molecule has 1 aromatic heterocycles. The van der Waals surface area contributed by atoms with Crippen molar-refractivity contribution < 1.29 is 8.42 Å². The van der Waals surface area contributed by atoms with Crippen LogP contribution in [0.25, 0.3) is 0 Å². The maximum absolute atomic E-state index is 11.6. The number of nitrogens with two attached hydrogens (primary N) is 1. The van der Waals surface area contributed by atoms with Gasteiger partial charge < -0.3 is 5.73 Å². The molecule has 0 spiro atoms. The largest absolute Gasteiger partial charge is 0.330 e. The van der Waals surface area contributed by atoms with E-state index in [1.54, 1.807) is 0 Å². The van der Waals surface area contributed by atoms with Gasteiger partial charge >= 0.3 is 0 Å². The van der Waals surface area contributed by atoms with Crippen LogP contribution < -0.4 is 5.73 Å². The minimum atomic E-state index is -2.90. The Morgan fingerprint density at radius 1 is 1.47 bits per heavy atom. The molecule has 1 aliphatic heterocycles. The average molecular weight is 254 g/mol. The molecule has 17 heavy (non-hydrogen) atoms. The van der Waals surface area contributed by atoms with Crippen LogP contribution >= 0.6 is 0 Å². The van der Waals surface area contributed by atoms with E-state index in [2.05, 4.69) is 4.98 Å². The zero-order valence-corrected chi connectivity index (χ0v) is 10.8. The fourth-order valence-electron chi connectivity index (χ4n) is 2.44. The van der Waals surface area contributed by atoms with E-state index < -0.39 is 9.84 Å². The van der Waals surface area contributed by atoms with Crippen molar-refractivity contribution in [1.82, 2.24) is 4.98 Å². The van der Waals surface area contributed by atoms with Crippen molar-refractivity contribution in [2.75, 3.05) is 18.1 Å². The highest BCUT2D eigenvalue weighted by molar-refractivity contribution is 7.91. The predicted molar refractivity (Wildman–Crippen MR) is 67.4 cm³/mol. The van der Waals surface area contributed by atoms with Gasteiger partial charge in [0.05, 0.1) is 11.5 Å². The molecular weight excluding hydrogens is 236 g/mol. The lowest BCUT2D eigenvalue weighted by Gasteiger charge is -2.25. The molecule has 94 valence electrons. The summed E-state index contributed by atoms with van der Waals surface area (Å²) in [5, 5.41) is 0. The molecule has 0 aliphatic carbocycles. The highest BCUT2D eigenvalue weighted by Gasteiger charge is 2.41. The maximum Gasteiger partial charge on any atom is 0.150 e. The first-order chi connectivity index (χ1) is 7.95. The van der Waals surface area contributed by atoms with Gasteiger partial charge in [-0.25, -0.2) is 8.42 Å². The molecule has 5 heteroatoms. The summed E-state index contributed by atoms with van der Waals surface area (Å²) >= 11 is 0. The molecule has 1 unspecified atom stereocenters. The van der Waals surface area contributed by atoms with Crippen LogP contribution in [-0.4, -0.2) is 31.5 Å². The fourth-order valence-corrected chi connectivity index (χ4v) is 4.62. The zero-order chi connectivity index (χ0) is 12.5. The SMILES string of the molecule is Cc1cccc(CC2(CN)CCS(=O)(=O)C2)n1. The van der Waals surface area contributed by atoms with E-state index in [0.29, 0.717) is 19.4 Å². The van der Waals surface area contributed by atoms with Gasteiger partial charge in [0.25, 0.3) is 0 Å². The van der Waals surface area contributed by atoms with Gasteiger partial charge in [0, 0.05) is 16.8 Å². The maximum atomic E-state index is 11.6. The Kier molecular flexibility index (Phi) is 3.23. The van der Waals surface area contributed by atoms with Crippen molar-refractivity contribution in [3.8, 4) is 0 Å². The molecule has 2 heterocycles. The fraction of sp³-hybridized carbons (Fsp3) is 0.583. The van der Waals surface area contributed by atoms with Gasteiger partial charge in [-0.3, -0.25) is 4.98 Å². The first-order valence-corrected chi connectivity index (χ1v) is 7.60. The number of aryl methyl sites for hydroxylation is 1. The van der Waals surface area contributed by atoms with E-state index in [-0.39, 0.29) is 16.9 Å². The normalized spacial score (nSPS) is 27.2. The standard InChI is InChI=1S/C12H18N2O2S/c1-10-3-2-4-11(14-10)7-12(8-13)5-6-17(15,16)9-12/h2-4H,5-9,13H2,1H3. The lowest BCUT2D eigenvalue weighted by molar-refractivity contribution is 0.341. The van der Waals surface area contributed by atoms with Crippen molar-refractivity contribution in [2.24, 2.45) is 11.1 Å². The number of hydrogen-bond acceptors (Lipinski definition) is 4. The van der Waals surface area contributed by atoms with Gasteiger partial charge in [-0.05, 0) is 38.4 Å². The number of rotatable bonds is 3. The number of aromatic nitrogens is 1. The monoisotopic (exact) mass is 254 g/mol. The van der Waals surface area contributed by atoms with Crippen molar-refractivity contribution in [1.29, 1.82) is 0 Å². The summed E-state index contributed by atoms with van der Waals surface area (Å²) in [7, 11) is -2.90. The van der Waals surface area contributed by atoms with Crippen LogP contribution in [0, 0.1) is 12.3 Å². The summed E-state index contributed by atoms with van der Waals surface area (Å²) in [4.78, 5) is 4.43. The zero-order valence-electron chi connectivity index (χ0n) is 10.0. The molecule has 1 atom stereocenters. The van der Waals surface area contributed by atoms with Gasteiger partial charge in [-0.1, -0.05) is 6.07 Å². The van der Waals surface area contributed by atoms with E-state index in [4.69, 9.17) is 5.73 Å². The summed E-state index contributed by atoms with van der Waals surface area (Å²) in [6, 6.07) is 5.82. The Labute approximate surface area is 102 Å². The van der Waals surface area contributed by atoms with Crippen LogP contribution in [0.15, 0.2) is 18.2 Å². The molecule has 2 N–H and O–H groups in total. The molecule has 2 rings (SSSR count). The third-order valence-corrected chi connectivity index (χ3v) is 5.28. The lowest BCUT2D eigenvalue weighted by atomic mass is 9.83. The smallest absolute Gasteiger partial charge is 0.150 e. The Morgan fingerprint density at radius 3 is 2.76 bits per heavy atom. The van der Waals surface area contributed by atoms with Gasteiger partial charge in [-0.2, -0.15) is 0 Å². The Hall–Kier alpha value is -0.940. The van der Waals surface area contributed by atoms with Gasteiger partial charge in [-0.15, -0.1) is 0 Å². The Morgan fingerprint density at radius 2 is 2.24 bits per heavy atom. The first-order valence-electron chi connectivity index (χ1n) is 5.78. The minimum absolute atomic E-state index is 0.201. The van der Waals surface area contributed by atoms with Crippen LogP contribution in [0.1, 0.15) is 17.8 Å². The summed E-state index contributed by atoms with van der Waals surface area (Å²) < 4.78 is 23.2. The third-order valence-electron chi connectivity index (χ3n) is 3.40. The Bertz CT molecular complexity index is 513. The van der Waals surface area contributed by atoms with Crippen molar-refractivity contribution in [3.63, 3.8) is 0 Å². The van der Waals surface area contributed by atoms with E-state index in [9.17, 15) is 8.42 Å². The van der Waals surface area contributed by atoms with Crippen LogP contribution in [0.2, 0.25) is 0 Å².